The molecule has 8 atom stereocenters. The number of ketones is 8. The number of nitrogens with zero attached hydrogens (tertiary/aromatic N) is 4. The van der Waals surface area contributed by atoms with E-state index in [2.05, 4.69) is 42.5 Å². The van der Waals surface area contributed by atoms with Crippen LogP contribution in [-0.2, 0) is 101 Å². The standard InChI is InChI=1S/C26H43N5O6.C24H38N4O7.C24H36N2O7.C23H36N6O7/c1-18(2)25(36)19(9-8-15-29-26(28)37)17-21(32)20(10-5-6-14-27)30-22(33)11-4-3-7-16-31-23(34)12-13-24(31)35;1-24(2,3)22(34)16(8-7-12-26-23(25)35)14-18(30)17(15-29)27-19(31)9-5-4-6-13-28-20(32)10-11-21(28)33;1-15(2)23(18(27)14-17(9-12-22(31)32)24(33)16(3)4)25-19(28)8-6-5-7-13-26-20(29)10-11-21(26)30;1-14(2)21(34)15(5-3-10-26-22(24)35)13-17(30)16(6-4-11-27-23(25)36)28-18(31)9-12-29-19(32)7-8-20(29)33/h12-13,18-20H,3-11,14-17,27H2,1-2H3,(H,30,33)(H3,28,29,37);10-11,16-17,29H,4-9,12-15H2,1-3H3,(H,27,31)(H3,25,26,35);10-11,15-17,23H,5-9,12-14H2,1-4H3,(H,25,28)(H,31,32);7-8,14-16H,3-6,9-13H2,1-2H3,(H,28,31)(H3,24,26,35)(H3,25,27,36)/t19-,20+;16-,17+;17-,23+;15-,16+/m1111/s1. The highest BCUT2D eigenvalue weighted by Crippen LogP contribution is 2.28. The van der Waals surface area contributed by atoms with Crippen molar-refractivity contribution in [1.82, 2.24) is 62.1 Å². The molecule has 44 heteroatoms. The molecule has 141 heavy (non-hydrogen) atoms. The van der Waals surface area contributed by atoms with Crippen molar-refractivity contribution in [1.29, 1.82) is 0 Å². The topological polar surface area (TPSA) is 707 Å². The Bertz CT molecular complexity index is 4360. The highest BCUT2D eigenvalue weighted by Gasteiger charge is 2.37. The Morgan fingerprint density at radius 2 is 0.596 bits per heavy atom. The van der Waals surface area contributed by atoms with E-state index in [1.807, 2.05) is 0 Å². The Hall–Kier alpha value is -12.8. The third-order valence-corrected chi connectivity index (χ3v) is 23.2. The summed E-state index contributed by atoms with van der Waals surface area (Å²) in [5, 5.41) is 39.1. The van der Waals surface area contributed by atoms with Crippen molar-refractivity contribution >= 4 is 147 Å². The molecule has 788 valence electrons. The van der Waals surface area contributed by atoms with Gasteiger partial charge in [-0.05, 0) is 128 Å². The molecule has 0 saturated carbocycles. The average molecular weight is 1990 g/mol. The molecule has 0 aromatic carbocycles. The number of amides is 20. The molecule has 20 amide bonds. The second kappa shape index (κ2) is 68.3. The number of imide groups is 4. The maximum absolute atomic E-state index is 13.2. The first kappa shape index (κ1) is 126. The number of primary amides is 4. The number of nitrogens with one attached hydrogen (secondary N) is 8. The number of rotatable bonds is 69. The Morgan fingerprint density at radius 1 is 0.319 bits per heavy atom. The minimum absolute atomic E-state index is 0.0209. The molecule has 4 rings (SSSR count). The minimum atomic E-state index is -1.12. The van der Waals surface area contributed by atoms with Gasteiger partial charge in [0.25, 0.3) is 47.3 Å². The van der Waals surface area contributed by atoms with Gasteiger partial charge in [0.2, 0.25) is 23.6 Å². The number of carbonyl (C=O) groups excluding carboxylic acids is 24. The van der Waals surface area contributed by atoms with Crippen LogP contribution in [0.5, 0.6) is 0 Å². The second-order valence-corrected chi connectivity index (χ2v) is 37.4. The van der Waals surface area contributed by atoms with Crippen LogP contribution in [0, 0.1) is 52.8 Å². The molecule has 4 heterocycles. The summed E-state index contributed by atoms with van der Waals surface area (Å²) in [6.45, 7) is 21.0. The minimum Gasteiger partial charge on any atom is -0.481 e. The van der Waals surface area contributed by atoms with Crippen molar-refractivity contribution in [3.05, 3.63) is 48.6 Å². The van der Waals surface area contributed by atoms with Crippen LogP contribution in [0.4, 0.5) is 19.2 Å². The molecule has 44 nitrogen and oxygen atoms in total. The van der Waals surface area contributed by atoms with E-state index in [0.717, 1.165) is 33.3 Å². The normalized spacial score (nSPS) is 14.9. The molecule has 0 saturated heterocycles. The van der Waals surface area contributed by atoms with E-state index in [1.54, 1.807) is 76.2 Å². The van der Waals surface area contributed by atoms with Crippen LogP contribution in [-0.4, -0.2) is 267 Å². The number of carboxylic acid groups (broad SMARTS) is 1. The number of aliphatic carboxylic acids is 1. The third kappa shape index (κ3) is 52.9. The highest BCUT2D eigenvalue weighted by atomic mass is 16.4. The second-order valence-electron chi connectivity index (χ2n) is 37.4. The fourth-order valence-corrected chi connectivity index (χ4v) is 15.4. The fraction of sp³-hybridized carbons (Fsp3) is 0.660. The Labute approximate surface area is 824 Å². The number of aliphatic hydroxyl groups excluding tert-OH is 1. The van der Waals surface area contributed by atoms with Crippen LogP contribution in [0.15, 0.2) is 48.6 Å². The molecule has 0 bridgehead atoms. The molecule has 0 aliphatic carbocycles. The zero-order chi connectivity index (χ0) is 107. The number of unbranched alkanes of at least 4 members (excludes halogenated alkanes) is 7. The van der Waals surface area contributed by atoms with Gasteiger partial charge in [-0.3, -0.25) is 120 Å². The molecule has 0 aromatic heterocycles. The van der Waals surface area contributed by atoms with Crippen molar-refractivity contribution < 1.29 is 130 Å². The fourth-order valence-electron chi connectivity index (χ4n) is 15.4. The van der Waals surface area contributed by atoms with Crippen molar-refractivity contribution in [2.24, 2.45) is 81.4 Å². The van der Waals surface area contributed by atoms with Gasteiger partial charge in [0.15, 0.2) is 23.1 Å². The van der Waals surface area contributed by atoms with Gasteiger partial charge in [-0.25, -0.2) is 19.2 Å². The van der Waals surface area contributed by atoms with E-state index in [4.69, 9.17) is 33.8 Å². The van der Waals surface area contributed by atoms with Gasteiger partial charge in [-0.2, -0.15) is 0 Å². The lowest BCUT2D eigenvalue weighted by atomic mass is 9.78. The zero-order valence-corrected chi connectivity index (χ0v) is 83.6. The first-order valence-electron chi connectivity index (χ1n) is 48.5. The summed E-state index contributed by atoms with van der Waals surface area (Å²) in [6.07, 6.45) is 19.6. The van der Waals surface area contributed by atoms with E-state index in [-0.39, 0.29) is 215 Å². The summed E-state index contributed by atoms with van der Waals surface area (Å²) < 4.78 is 0. The summed E-state index contributed by atoms with van der Waals surface area (Å²) in [4.78, 5) is 304. The van der Waals surface area contributed by atoms with Crippen LogP contribution in [0.25, 0.3) is 0 Å². The average Bonchev–Trinajstić information content (AvgIpc) is 1.35. The number of carboxylic acids is 1. The molecule has 0 radical (unpaired) electrons. The van der Waals surface area contributed by atoms with E-state index in [0.29, 0.717) is 142 Å². The summed E-state index contributed by atoms with van der Waals surface area (Å²) in [5.41, 5.74) is 25.1. The lowest BCUT2D eigenvalue weighted by Crippen LogP contribution is -2.45. The van der Waals surface area contributed by atoms with Gasteiger partial charge in [-0.15, -0.1) is 0 Å². The smallest absolute Gasteiger partial charge is 0.312 e. The lowest BCUT2D eigenvalue weighted by molar-refractivity contribution is -0.139. The van der Waals surface area contributed by atoms with E-state index >= 15 is 0 Å². The van der Waals surface area contributed by atoms with Gasteiger partial charge < -0.3 is 81.4 Å². The molecule has 0 aromatic rings. The predicted molar refractivity (Wildman–Crippen MR) is 517 cm³/mol. The summed E-state index contributed by atoms with van der Waals surface area (Å²) in [6, 6.07) is -6.22. The van der Waals surface area contributed by atoms with Crippen molar-refractivity contribution in [3.8, 4) is 0 Å². The van der Waals surface area contributed by atoms with Crippen molar-refractivity contribution in [2.75, 3.05) is 65.5 Å². The molecular weight excluding hydrogens is 1840 g/mol. The molecular formula is C97H153N17O27. The number of carbonyl (C=O) groups is 25. The van der Waals surface area contributed by atoms with Crippen molar-refractivity contribution in [3.63, 3.8) is 0 Å². The maximum Gasteiger partial charge on any atom is 0.312 e. The van der Waals surface area contributed by atoms with Crippen LogP contribution in [0.2, 0.25) is 0 Å². The molecule has 0 spiro atoms. The van der Waals surface area contributed by atoms with Crippen LogP contribution >= 0.6 is 0 Å². The molecule has 0 unspecified atom stereocenters. The molecule has 0 fully saturated rings. The maximum atomic E-state index is 13.2. The van der Waals surface area contributed by atoms with E-state index in [1.165, 1.54) is 41.4 Å². The van der Waals surface area contributed by atoms with Gasteiger partial charge in [0.1, 0.15) is 29.2 Å². The number of urea groups is 4. The number of Topliss-reactive ketones (excluding diaryl/α,β-unsaturated/α-hetero) is 8. The Kier molecular flexibility index (Phi) is 61.2. The van der Waals surface area contributed by atoms with Crippen LogP contribution in [0.1, 0.15) is 269 Å². The third-order valence-electron chi connectivity index (χ3n) is 23.2. The predicted octanol–water partition coefficient (Wildman–Crippen LogP) is 3.68. The van der Waals surface area contributed by atoms with Gasteiger partial charge in [-0.1, -0.05) is 95.4 Å². The number of hydrogen-bond acceptors (Lipinski definition) is 27. The van der Waals surface area contributed by atoms with E-state index < -0.39 is 119 Å². The van der Waals surface area contributed by atoms with Gasteiger partial charge in [0, 0.05) is 206 Å². The van der Waals surface area contributed by atoms with Gasteiger partial charge in [0.05, 0.1) is 24.7 Å². The number of aliphatic hydroxyl groups is 1. The van der Waals surface area contributed by atoms with Gasteiger partial charge >= 0.3 is 30.1 Å². The molecule has 4 aliphatic rings. The number of nitrogens with two attached hydrogens (primary N) is 5. The quantitative estimate of drug-likeness (QED) is 0.0305. The molecule has 4 aliphatic heterocycles. The summed E-state index contributed by atoms with van der Waals surface area (Å²) in [5.74, 6) is -10.6. The first-order valence-corrected chi connectivity index (χ1v) is 48.5. The molecule has 20 N–H and O–H groups in total. The first-order chi connectivity index (χ1) is 66.3. The van der Waals surface area contributed by atoms with Crippen LogP contribution < -0.4 is 71.2 Å². The Morgan fingerprint density at radius 3 is 0.901 bits per heavy atom. The highest BCUT2D eigenvalue weighted by molar-refractivity contribution is 6.15. The monoisotopic (exact) mass is 1990 g/mol. The SMILES string of the molecule is CC(C)(C)C(=O)[C@H](CCCNC(N)=O)CC(=O)[C@H](CO)NC(=O)CCCCCN1C(=O)C=CC1=O.CC(C)C(=O)[C@H](CCC(=O)O)CC(=O)[C@@H](NC(=O)CCCCCN1C(=O)C=CC1=O)C(C)C.CC(C)C(=O)[C@H](CCCNC(N)=O)CC(=O)[C@H](CCCCN)NC(=O)CCCCCN1C(=O)C=CC1=O.CC(C)C(=O)[C@H](CCCNC(N)=O)CC(=O)[C@H](CCCNC(N)=O)NC(=O)CCN1C(=O)C=CC1=O. The zero-order valence-electron chi connectivity index (χ0n) is 83.6. The van der Waals surface area contributed by atoms with Crippen molar-refractivity contribution in [2.45, 2.75) is 293 Å². The largest absolute Gasteiger partial charge is 0.481 e. The van der Waals surface area contributed by atoms with Crippen LogP contribution in [0.3, 0.4) is 0 Å². The summed E-state index contributed by atoms with van der Waals surface area (Å²) in [7, 11) is 0. The lowest BCUT2D eigenvalue weighted by Gasteiger charge is -2.26. The number of hydrogen-bond donors (Lipinski definition) is 15. The van der Waals surface area contributed by atoms with E-state index in [9.17, 15) is 125 Å². The Balaban J connectivity index is 0.000000941. The summed E-state index contributed by atoms with van der Waals surface area (Å²) >= 11 is 0.